The van der Waals surface area contributed by atoms with E-state index in [0.717, 1.165) is 17.5 Å². The van der Waals surface area contributed by atoms with Crippen molar-refractivity contribution >= 4 is 65.6 Å². The van der Waals surface area contributed by atoms with Gasteiger partial charge in [-0.25, -0.2) is 0 Å². The van der Waals surface area contributed by atoms with Crippen LogP contribution in [0.5, 0.6) is 0 Å². The molecule has 0 aliphatic carbocycles. The molecule has 0 bridgehead atoms. The summed E-state index contributed by atoms with van der Waals surface area (Å²) in [6.45, 7) is 2.26. The fourth-order valence-electron chi connectivity index (χ4n) is 3.71. The number of hydrogen-bond acceptors (Lipinski definition) is 5. The zero-order valence-corrected chi connectivity index (χ0v) is 17.6. The van der Waals surface area contributed by atoms with E-state index < -0.39 is 0 Å². The van der Waals surface area contributed by atoms with E-state index in [0.29, 0.717) is 0 Å². The molecule has 0 spiro atoms. The molecule has 0 N–H and O–H groups in total. The fourth-order valence-corrected chi connectivity index (χ4v) is 6.56. The summed E-state index contributed by atoms with van der Waals surface area (Å²) in [4.78, 5) is 1.29. The Bertz CT molecular complexity index is 1230. The third kappa shape index (κ3) is 3.08. The maximum Gasteiger partial charge on any atom is 0.113 e. The number of benzene rings is 2. The fraction of sp³-hybridized carbons (Fsp3) is 0.273. The monoisotopic (exact) mass is 408 g/mol. The lowest BCUT2D eigenvalue weighted by atomic mass is 10.0. The van der Waals surface area contributed by atoms with E-state index >= 15 is 0 Å². The van der Waals surface area contributed by atoms with Gasteiger partial charge in [-0.3, -0.25) is 0 Å². The molecular weight excluding hydrogens is 388 g/mol. The number of unbranched alkanes of at least 4 members (excludes halogenated alkanes) is 3. The first-order valence-electron chi connectivity index (χ1n) is 9.49. The largest absolute Gasteiger partial charge is 0.173 e. The highest BCUT2D eigenvalue weighted by molar-refractivity contribution is 7.28. The summed E-state index contributed by atoms with van der Waals surface area (Å²) in [5.41, 5.74) is 4.75. The van der Waals surface area contributed by atoms with Crippen LogP contribution in [0.15, 0.2) is 41.8 Å². The Morgan fingerprint density at radius 3 is 2.67 bits per heavy atom. The molecule has 27 heavy (non-hydrogen) atoms. The third-order valence-electron chi connectivity index (χ3n) is 5.17. The predicted octanol–water partition coefficient (Wildman–Crippen LogP) is 7.91. The number of rotatable bonds is 6. The molecule has 0 aliphatic rings. The lowest BCUT2D eigenvalue weighted by Crippen LogP contribution is -1.89. The van der Waals surface area contributed by atoms with Gasteiger partial charge in [-0.2, -0.15) is 8.75 Å². The first-order valence-corrected chi connectivity index (χ1v) is 11.9. The standard InChI is InChI=1S/C22H20N2S3/c1-2-3-4-5-6-14-9-10-17(20-19(14)23-27-24-20)18-13-16-8-7-15-11-12-25-21(15)22(16)26-18/h7-13H,2-6H2,1H3. The molecule has 0 radical (unpaired) electrons. The Labute approximate surface area is 170 Å². The second-order valence-corrected chi connectivity index (χ2v) is 9.47. The van der Waals surface area contributed by atoms with Crippen LogP contribution in [0, 0.1) is 0 Å². The SMILES string of the molecule is CCCCCCc1ccc(-c2cc3ccc4ccsc4c3s2)c2nsnc12. The average molecular weight is 409 g/mol. The van der Waals surface area contributed by atoms with Gasteiger partial charge in [0.1, 0.15) is 11.0 Å². The second kappa shape index (κ2) is 7.30. The van der Waals surface area contributed by atoms with Crippen molar-refractivity contribution in [3.05, 3.63) is 47.3 Å². The van der Waals surface area contributed by atoms with E-state index in [4.69, 9.17) is 0 Å². The highest BCUT2D eigenvalue weighted by Crippen LogP contribution is 2.41. The van der Waals surface area contributed by atoms with Gasteiger partial charge < -0.3 is 0 Å². The van der Waals surface area contributed by atoms with Gasteiger partial charge in [0.15, 0.2) is 0 Å². The van der Waals surface area contributed by atoms with Gasteiger partial charge in [0.05, 0.1) is 21.1 Å². The molecule has 0 fully saturated rings. The Kier molecular flexibility index (Phi) is 4.68. The lowest BCUT2D eigenvalue weighted by Gasteiger charge is -2.05. The van der Waals surface area contributed by atoms with E-state index in [2.05, 4.69) is 57.4 Å². The minimum atomic E-state index is 1.07. The van der Waals surface area contributed by atoms with Gasteiger partial charge in [-0.05, 0) is 46.7 Å². The molecule has 5 aromatic rings. The van der Waals surface area contributed by atoms with E-state index in [-0.39, 0.29) is 0 Å². The maximum atomic E-state index is 4.66. The molecule has 5 rings (SSSR count). The van der Waals surface area contributed by atoms with E-state index in [1.54, 1.807) is 0 Å². The number of thiophene rings is 2. The number of fused-ring (bicyclic) bond motifs is 4. The van der Waals surface area contributed by atoms with Crippen LogP contribution in [0.4, 0.5) is 0 Å². The average Bonchev–Trinajstić information content (AvgIpc) is 3.42. The van der Waals surface area contributed by atoms with Crippen molar-refractivity contribution in [3.63, 3.8) is 0 Å². The molecule has 0 saturated carbocycles. The molecular formula is C22H20N2S3. The predicted molar refractivity (Wildman–Crippen MR) is 121 cm³/mol. The van der Waals surface area contributed by atoms with E-state index in [1.165, 1.54) is 73.6 Å². The Hall–Kier alpha value is -1.82. The van der Waals surface area contributed by atoms with Gasteiger partial charge in [0, 0.05) is 10.4 Å². The zero-order chi connectivity index (χ0) is 18.2. The minimum Gasteiger partial charge on any atom is -0.173 e. The quantitative estimate of drug-likeness (QED) is 0.267. The summed E-state index contributed by atoms with van der Waals surface area (Å²) in [5.74, 6) is 0. The van der Waals surface area contributed by atoms with Crippen LogP contribution in [-0.2, 0) is 6.42 Å². The van der Waals surface area contributed by atoms with Crippen molar-refractivity contribution < 1.29 is 0 Å². The molecule has 0 amide bonds. The Morgan fingerprint density at radius 2 is 1.74 bits per heavy atom. The van der Waals surface area contributed by atoms with Gasteiger partial charge >= 0.3 is 0 Å². The van der Waals surface area contributed by atoms with Crippen LogP contribution in [0.3, 0.4) is 0 Å². The molecule has 0 atom stereocenters. The first kappa shape index (κ1) is 17.3. The van der Waals surface area contributed by atoms with Crippen molar-refractivity contribution in [2.24, 2.45) is 0 Å². The molecule has 5 heteroatoms. The van der Waals surface area contributed by atoms with Crippen LogP contribution >= 0.6 is 34.4 Å². The number of aromatic nitrogens is 2. The van der Waals surface area contributed by atoms with Crippen LogP contribution in [0.25, 0.3) is 41.6 Å². The molecule has 0 aliphatic heterocycles. The van der Waals surface area contributed by atoms with Crippen LogP contribution in [0.1, 0.15) is 38.2 Å². The first-order chi connectivity index (χ1) is 13.3. The Morgan fingerprint density at radius 1 is 0.852 bits per heavy atom. The summed E-state index contributed by atoms with van der Waals surface area (Å²) < 4.78 is 12.1. The van der Waals surface area contributed by atoms with Gasteiger partial charge in [0.25, 0.3) is 0 Å². The molecule has 2 aromatic carbocycles. The molecule has 3 aromatic heterocycles. The summed E-state index contributed by atoms with van der Waals surface area (Å²) in [5, 5.41) is 4.84. The molecule has 136 valence electrons. The zero-order valence-electron chi connectivity index (χ0n) is 15.2. The Balaban J connectivity index is 1.57. The number of nitrogens with zero attached hydrogens (tertiary/aromatic N) is 2. The van der Waals surface area contributed by atoms with Crippen molar-refractivity contribution in [1.29, 1.82) is 0 Å². The number of hydrogen-bond donors (Lipinski definition) is 0. The minimum absolute atomic E-state index is 1.07. The highest BCUT2D eigenvalue weighted by atomic mass is 32.1. The summed E-state index contributed by atoms with van der Waals surface area (Å²) >= 11 is 5.05. The van der Waals surface area contributed by atoms with E-state index in [1.807, 2.05) is 22.7 Å². The molecule has 0 unspecified atom stereocenters. The normalized spacial score (nSPS) is 11.9. The highest BCUT2D eigenvalue weighted by Gasteiger charge is 2.15. The van der Waals surface area contributed by atoms with Crippen LogP contribution < -0.4 is 0 Å². The second-order valence-electron chi connectivity index (χ2n) is 6.98. The smallest absolute Gasteiger partial charge is 0.113 e. The van der Waals surface area contributed by atoms with E-state index in [9.17, 15) is 0 Å². The van der Waals surface area contributed by atoms with Gasteiger partial charge in [-0.15, -0.1) is 22.7 Å². The number of aryl methyl sites for hydroxylation is 1. The van der Waals surface area contributed by atoms with Gasteiger partial charge in [-0.1, -0.05) is 50.5 Å². The maximum absolute atomic E-state index is 4.66. The summed E-state index contributed by atoms with van der Waals surface area (Å²) in [6.07, 6.45) is 6.22. The molecule has 0 saturated heterocycles. The van der Waals surface area contributed by atoms with Crippen LogP contribution in [-0.4, -0.2) is 8.75 Å². The van der Waals surface area contributed by atoms with Crippen LogP contribution in [0.2, 0.25) is 0 Å². The topological polar surface area (TPSA) is 25.8 Å². The third-order valence-corrected chi connectivity index (χ3v) is 7.98. The lowest BCUT2D eigenvalue weighted by molar-refractivity contribution is 0.668. The van der Waals surface area contributed by atoms with Crippen molar-refractivity contribution in [1.82, 2.24) is 8.75 Å². The molecule has 3 heterocycles. The summed E-state index contributed by atoms with van der Waals surface area (Å²) in [7, 11) is 0. The summed E-state index contributed by atoms with van der Waals surface area (Å²) in [6, 6.07) is 13.5. The molecule has 2 nitrogen and oxygen atoms in total. The van der Waals surface area contributed by atoms with Gasteiger partial charge in [0.2, 0.25) is 0 Å². The van der Waals surface area contributed by atoms with Crippen molar-refractivity contribution in [3.8, 4) is 10.4 Å². The van der Waals surface area contributed by atoms with Crippen molar-refractivity contribution in [2.45, 2.75) is 39.0 Å². The van der Waals surface area contributed by atoms with Crippen molar-refractivity contribution in [2.75, 3.05) is 0 Å².